The lowest BCUT2D eigenvalue weighted by Crippen LogP contribution is -2.22. The summed E-state index contributed by atoms with van der Waals surface area (Å²) in [5.41, 5.74) is 1.51. The summed E-state index contributed by atoms with van der Waals surface area (Å²) in [6.45, 7) is 0.234. The number of nitrogens with one attached hydrogen (secondary N) is 1. The van der Waals surface area contributed by atoms with Crippen molar-refractivity contribution < 1.29 is 13.9 Å². The standard InChI is InChI=1S/C18H16N2O3/c1-22-15-9-7-14(8-10-15)18(21)20-12-17-19-11-16(23-17)13-5-3-2-4-6-13/h2-11H,12H2,1H3,(H,20,21). The van der Waals surface area contributed by atoms with E-state index >= 15 is 0 Å². The van der Waals surface area contributed by atoms with Crippen LogP contribution in [-0.4, -0.2) is 18.0 Å². The summed E-state index contributed by atoms with van der Waals surface area (Å²) in [6.07, 6.45) is 1.66. The van der Waals surface area contributed by atoms with Crippen molar-refractivity contribution >= 4 is 5.91 Å². The molecule has 5 heteroatoms. The molecule has 2 aromatic carbocycles. The molecule has 0 radical (unpaired) electrons. The third-order valence-electron chi connectivity index (χ3n) is 3.36. The van der Waals surface area contributed by atoms with E-state index in [4.69, 9.17) is 9.15 Å². The van der Waals surface area contributed by atoms with Gasteiger partial charge in [0.15, 0.2) is 5.76 Å². The van der Waals surface area contributed by atoms with Crippen molar-refractivity contribution in [3.05, 3.63) is 72.2 Å². The van der Waals surface area contributed by atoms with Gasteiger partial charge in [0.2, 0.25) is 5.89 Å². The molecular formula is C18H16N2O3. The van der Waals surface area contributed by atoms with E-state index in [1.165, 1.54) is 0 Å². The Morgan fingerprint density at radius 1 is 1.13 bits per heavy atom. The van der Waals surface area contributed by atoms with Crippen LogP contribution in [0, 0.1) is 0 Å². The second-order valence-electron chi connectivity index (χ2n) is 4.90. The highest BCUT2D eigenvalue weighted by Crippen LogP contribution is 2.19. The van der Waals surface area contributed by atoms with Crippen molar-refractivity contribution in [3.8, 4) is 17.1 Å². The van der Waals surface area contributed by atoms with Crippen molar-refractivity contribution in [2.75, 3.05) is 7.11 Å². The molecule has 1 amide bonds. The van der Waals surface area contributed by atoms with Gasteiger partial charge in [-0.3, -0.25) is 4.79 Å². The molecule has 0 atom stereocenters. The van der Waals surface area contributed by atoms with E-state index in [2.05, 4.69) is 10.3 Å². The summed E-state index contributed by atoms with van der Waals surface area (Å²) >= 11 is 0. The first-order valence-electron chi connectivity index (χ1n) is 7.18. The number of carbonyl (C=O) groups is 1. The van der Waals surface area contributed by atoms with Crippen LogP contribution in [-0.2, 0) is 6.54 Å². The van der Waals surface area contributed by atoms with Crippen LogP contribution in [0.4, 0.5) is 0 Å². The Labute approximate surface area is 133 Å². The number of methoxy groups -OCH3 is 1. The lowest BCUT2D eigenvalue weighted by atomic mass is 10.2. The molecule has 0 aliphatic rings. The van der Waals surface area contributed by atoms with Crippen molar-refractivity contribution in [1.29, 1.82) is 0 Å². The van der Waals surface area contributed by atoms with Gasteiger partial charge in [0.25, 0.3) is 5.91 Å². The smallest absolute Gasteiger partial charge is 0.251 e. The molecule has 1 aromatic heterocycles. The van der Waals surface area contributed by atoms with Crippen LogP contribution >= 0.6 is 0 Å². The first-order chi connectivity index (χ1) is 11.3. The number of aromatic nitrogens is 1. The average Bonchev–Trinajstić information content (AvgIpc) is 3.09. The van der Waals surface area contributed by atoms with Gasteiger partial charge >= 0.3 is 0 Å². The predicted octanol–water partition coefficient (Wildman–Crippen LogP) is 3.28. The fourth-order valence-electron chi connectivity index (χ4n) is 2.13. The van der Waals surface area contributed by atoms with Crippen LogP contribution in [0.2, 0.25) is 0 Å². The van der Waals surface area contributed by atoms with Crippen LogP contribution < -0.4 is 10.1 Å². The van der Waals surface area contributed by atoms with Gasteiger partial charge in [-0.15, -0.1) is 0 Å². The predicted molar refractivity (Wildman–Crippen MR) is 86.1 cm³/mol. The average molecular weight is 308 g/mol. The summed E-state index contributed by atoms with van der Waals surface area (Å²) in [7, 11) is 1.59. The van der Waals surface area contributed by atoms with E-state index in [-0.39, 0.29) is 12.5 Å². The quantitative estimate of drug-likeness (QED) is 0.785. The number of oxazole rings is 1. The maximum atomic E-state index is 12.1. The fraction of sp³-hybridized carbons (Fsp3) is 0.111. The minimum Gasteiger partial charge on any atom is -0.497 e. The normalized spacial score (nSPS) is 10.3. The fourth-order valence-corrected chi connectivity index (χ4v) is 2.13. The van der Waals surface area contributed by atoms with Crippen LogP contribution in [0.15, 0.2) is 65.2 Å². The molecule has 0 saturated heterocycles. The summed E-state index contributed by atoms with van der Waals surface area (Å²) < 4.78 is 10.7. The van der Waals surface area contributed by atoms with Crippen LogP contribution in [0.3, 0.4) is 0 Å². The molecule has 3 rings (SSSR count). The highest BCUT2D eigenvalue weighted by atomic mass is 16.5. The van der Waals surface area contributed by atoms with Gasteiger partial charge in [0.1, 0.15) is 5.75 Å². The topological polar surface area (TPSA) is 64.4 Å². The summed E-state index contributed by atoms with van der Waals surface area (Å²) in [5, 5.41) is 2.78. The Bertz CT molecular complexity index is 780. The number of benzene rings is 2. The molecule has 0 spiro atoms. The Morgan fingerprint density at radius 2 is 1.87 bits per heavy atom. The van der Waals surface area contributed by atoms with Crippen LogP contribution in [0.1, 0.15) is 16.2 Å². The third-order valence-corrected chi connectivity index (χ3v) is 3.36. The zero-order valence-corrected chi connectivity index (χ0v) is 12.7. The molecule has 5 nitrogen and oxygen atoms in total. The zero-order chi connectivity index (χ0) is 16.1. The second-order valence-corrected chi connectivity index (χ2v) is 4.90. The second kappa shape index (κ2) is 6.79. The number of hydrogen-bond acceptors (Lipinski definition) is 4. The summed E-state index contributed by atoms with van der Waals surface area (Å²) in [5.74, 6) is 1.67. The van der Waals surface area contributed by atoms with Gasteiger partial charge < -0.3 is 14.5 Å². The number of amides is 1. The van der Waals surface area contributed by atoms with Gasteiger partial charge in [-0.25, -0.2) is 4.98 Å². The lowest BCUT2D eigenvalue weighted by molar-refractivity contribution is 0.0947. The number of carbonyl (C=O) groups excluding carboxylic acids is 1. The largest absolute Gasteiger partial charge is 0.497 e. The minimum atomic E-state index is -0.188. The van der Waals surface area contributed by atoms with Gasteiger partial charge in [0.05, 0.1) is 19.9 Å². The number of hydrogen-bond donors (Lipinski definition) is 1. The molecule has 1 N–H and O–H groups in total. The van der Waals surface area contributed by atoms with Crippen molar-refractivity contribution in [1.82, 2.24) is 10.3 Å². The van der Waals surface area contributed by atoms with Gasteiger partial charge in [0, 0.05) is 11.1 Å². The van der Waals surface area contributed by atoms with Crippen molar-refractivity contribution in [2.24, 2.45) is 0 Å². The Balaban J connectivity index is 1.62. The summed E-state index contributed by atoms with van der Waals surface area (Å²) in [4.78, 5) is 16.3. The molecule has 0 aliphatic heterocycles. The third kappa shape index (κ3) is 3.58. The molecule has 3 aromatic rings. The number of nitrogens with zero attached hydrogens (tertiary/aromatic N) is 1. The van der Waals surface area contributed by atoms with Crippen molar-refractivity contribution in [2.45, 2.75) is 6.54 Å². The number of ether oxygens (including phenoxy) is 1. The molecule has 0 aliphatic carbocycles. The summed E-state index contributed by atoms with van der Waals surface area (Å²) in [6, 6.07) is 16.6. The maximum Gasteiger partial charge on any atom is 0.251 e. The van der Waals surface area contributed by atoms with E-state index in [1.807, 2.05) is 30.3 Å². The molecule has 0 unspecified atom stereocenters. The van der Waals surface area contributed by atoms with E-state index in [0.29, 0.717) is 23.0 Å². The van der Waals surface area contributed by atoms with Crippen LogP contribution in [0.25, 0.3) is 11.3 Å². The highest BCUT2D eigenvalue weighted by molar-refractivity contribution is 5.94. The molecule has 23 heavy (non-hydrogen) atoms. The van der Waals surface area contributed by atoms with E-state index < -0.39 is 0 Å². The first-order valence-corrected chi connectivity index (χ1v) is 7.18. The molecule has 0 saturated carbocycles. The highest BCUT2D eigenvalue weighted by Gasteiger charge is 2.09. The monoisotopic (exact) mass is 308 g/mol. The van der Waals surface area contributed by atoms with E-state index in [1.54, 1.807) is 37.6 Å². The maximum absolute atomic E-state index is 12.1. The Kier molecular flexibility index (Phi) is 4.38. The molecule has 0 bridgehead atoms. The zero-order valence-electron chi connectivity index (χ0n) is 12.7. The Hall–Kier alpha value is -3.08. The molecule has 0 fully saturated rings. The molecule has 1 heterocycles. The first kappa shape index (κ1) is 14.8. The molecule has 116 valence electrons. The van der Waals surface area contributed by atoms with Crippen molar-refractivity contribution in [3.63, 3.8) is 0 Å². The van der Waals surface area contributed by atoms with Gasteiger partial charge in [-0.05, 0) is 24.3 Å². The van der Waals surface area contributed by atoms with E-state index in [9.17, 15) is 4.79 Å². The SMILES string of the molecule is COc1ccc(C(=O)NCc2ncc(-c3ccccc3)o2)cc1. The molecular weight excluding hydrogens is 292 g/mol. The minimum absolute atomic E-state index is 0.188. The van der Waals surface area contributed by atoms with Gasteiger partial charge in [-0.2, -0.15) is 0 Å². The van der Waals surface area contributed by atoms with Crippen LogP contribution in [0.5, 0.6) is 5.75 Å². The Morgan fingerprint density at radius 3 is 2.57 bits per heavy atom. The van der Waals surface area contributed by atoms with E-state index in [0.717, 1.165) is 5.56 Å². The lowest BCUT2D eigenvalue weighted by Gasteiger charge is -2.04. The van der Waals surface area contributed by atoms with Gasteiger partial charge in [-0.1, -0.05) is 30.3 Å². The number of rotatable bonds is 5.